The third kappa shape index (κ3) is 4.04. The Morgan fingerprint density at radius 2 is 2.10 bits per heavy atom. The number of nitrogens with zero attached hydrogens (tertiary/aromatic N) is 5. The van der Waals surface area contributed by atoms with Crippen LogP contribution in [0.2, 0.25) is 5.15 Å². The van der Waals surface area contributed by atoms with Crippen molar-refractivity contribution < 1.29 is 4.39 Å². The number of alkyl halides is 1. The Labute approximate surface area is 173 Å². The fourth-order valence-corrected chi connectivity index (χ4v) is 3.72. The van der Waals surface area contributed by atoms with E-state index in [0.717, 1.165) is 37.1 Å². The number of halogens is 2. The van der Waals surface area contributed by atoms with E-state index in [1.807, 2.05) is 0 Å². The van der Waals surface area contributed by atoms with Crippen LogP contribution in [0.4, 0.5) is 21.7 Å². The number of anilines is 3. The molecule has 1 aliphatic heterocycles. The SMILES string of the molecule is C=C(CCF)n1ncc(Nc2ncc3cc(C)c(N4CCNCC4)cc3n2)c1Cl. The van der Waals surface area contributed by atoms with Crippen LogP contribution in [0.5, 0.6) is 0 Å². The highest BCUT2D eigenvalue weighted by molar-refractivity contribution is 6.32. The molecule has 0 atom stereocenters. The van der Waals surface area contributed by atoms with Gasteiger partial charge in [-0.05, 0) is 24.6 Å². The fraction of sp³-hybridized carbons (Fsp3) is 0.350. The molecule has 29 heavy (non-hydrogen) atoms. The zero-order valence-corrected chi connectivity index (χ0v) is 17.0. The summed E-state index contributed by atoms with van der Waals surface area (Å²) in [4.78, 5) is 11.4. The number of fused-ring (bicyclic) bond motifs is 1. The Kier molecular flexibility index (Phi) is 5.64. The lowest BCUT2D eigenvalue weighted by molar-refractivity contribution is 0.499. The molecular formula is C20H23ClFN7. The summed E-state index contributed by atoms with van der Waals surface area (Å²) in [6.45, 7) is 9.30. The summed E-state index contributed by atoms with van der Waals surface area (Å²) < 4.78 is 14.0. The molecule has 2 aromatic heterocycles. The summed E-state index contributed by atoms with van der Waals surface area (Å²) in [7, 11) is 0. The number of benzene rings is 1. The summed E-state index contributed by atoms with van der Waals surface area (Å²) >= 11 is 6.36. The molecule has 7 nitrogen and oxygen atoms in total. The van der Waals surface area contributed by atoms with E-state index in [1.165, 1.54) is 15.9 Å². The maximum Gasteiger partial charge on any atom is 0.227 e. The van der Waals surface area contributed by atoms with Crippen LogP contribution in [0.25, 0.3) is 16.6 Å². The second-order valence-electron chi connectivity index (χ2n) is 7.02. The van der Waals surface area contributed by atoms with Gasteiger partial charge in [-0.1, -0.05) is 18.2 Å². The van der Waals surface area contributed by atoms with Crippen molar-refractivity contribution in [3.05, 3.63) is 41.8 Å². The van der Waals surface area contributed by atoms with Crippen LogP contribution in [-0.4, -0.2) is 52.6 Å². The van der Waals surface area contributed by atoms with E-state index in [4.69, 9.17) is 11.6 Å². The molecular weight excluding hydrogens is 393 g/mol. The highest BCUT2D eigenvalue weighted by Crippen LogP contribution is 2.29. The number of allylic oxidation sites excluding steroid dienone is 1. The van der Waals surface area contributed by atoms with Gasteiger partial charge in [-0.15, -0.1) is 0 Å². The largest absolute Gasteiger partial charge is 0.369 e. The number of rotatable bonds is 6. The molecule has 0 radical (unpaired) electrons. The van der Waals surface area contributed by atoms with Crippen LogP contribution in [0.15, 0.2) is 31.1 Å². The number of aromatic nitrogens is 4. The zero-order valence-electron chi connectivity index (χ0n) is 16.3. The Bertz CT molecular complexity index is 1040. The first-order valence-electron chi connectivity index (χ1n) is 9.54. The van der Waals surface area contributed by atoms with Crippen molar-refractivity contribution in [3.8, 4) is 0 Å². The lowest BCUT2D eigenvalue weighted by Gasteiger charge is -2.30. The first-order chi connectivity index (χ1) is 14.1. The predicted octanol–water partition coefficient (Wildman–Crippen LogP) is 3.77. The monoisotopic (exact) mass is 415 g/mol. The van der Waals surface area contributed by atoms with E-state index in [0.29, 0.717) is 22.5 Å². The topological polar surface area (TPSA) is 70.9 Å². The van der Waals surface area contributed by atoms with Gasteiger partial charge in [0.05, 0.1) is 24.1 Å². The second-order valence-corrected chi connectivity index (χ2v) is 7.38. The van der Waals surface area contributed by atoms with Gasteiger partial charge in [0.2, 0.25) is 5.95 Å². The number of hydrogen-bond acceptors (Lipinski definition) is 6. The van der Waals surface area contributed by atoms with Gasteiger partial charge in [0, 0.05) is 55.6 Å². The van der Waals surface area contributed by atoms with Gasteiger partial charge in [-0.3, -0.25) is 4.39 Å². The van der Waals surface area contributed by atoms with Crippen LogP contribution >= 0.6 is 11.6 Å². The van der Waals surface area contributed by atoms with Gasteiger partial charge in [0.1, 0.15) is 0 Å². The normalized spacial score (nSPS) is 14.4. The van der Waals surface area contributed by atoms with E-state index < -0.39 is 6.67 Å². The molecule has 4 rings (SSSR count). The lowest BCUT2D eigenvalue weighted by Crippen LogP contribution is -2.43. The zero-order chi connectivity index (χ0) is 20.4. The number of nitrogens with one attached hydrogen (secondary N) is 2. The smallest absolute Gasteiger partial charge is 0.227 e. The molecule has 152 valence electrons. The molecule has 1 fully saturated rings. The first-order valence-corrected chi connectivity index (χ1v) is 9.92. The van der Waals surface area contributed by atoms with Crippen molar-refractivity contribution in [2.24, 2.45) is 0 Å². The van der Waals surface area contributed by atoms with E-state index in [-0.39, 0.29) is 6.42 Å². The van der Waals surface area contributed by atoms with Gasteiger partial charge in [0.15, 0.2) is 5.15 Å². The minimum atomic E-state index is -0.513. The lowest BCUT2D eigenvalue weighted by atomic mass is 10.1. The minimum absolute atomic E-state index is 0.168. The van der Waals surface area contributed by atoms with Crippen molar-refractivity contribution in [1.82, 2.24) is 25.1 Å². The molecule has 3 aromatic rings. The molecule has 0 amide bonds. The summed E-state index contributed by atoms with van der Waals surface area (Å²) in [5.41, 5.74) is 4.28. The molecule has 2 N–H and O–H groups in total. The van der Waals surface area contributed by atoms with Crippen LogP contribution in [0.3, 0.4) is 0 Å². The van der Waals surface area contributed by atoms with Gasteiger partial charge in [-0.2, -0.15) is 5.10 Å². The van der Waals surface area contributed by atoms with E-state index >= 15 is 0 Å². The van der Waals surface area contributed by atoms with Crippen molar-refractivity contribution in [2.45, 2.75) is 13.3 Å². The molecule has 1 aromatic carbocycles. The second kappa shape index (κ2) is 8.34. The average molecular weight is 416 g/mol. The molecule has 1 aliphatic rings. The van der Waals surface area contributed by atoms with Crippen molar-refractivity contribution >= 4 is 45.5 Å². The molecule has 0 aliphatic carbocycles. The van der Waals surface area contributed by atoms with E-state index in [9.17, 15) is 4.39 Å². The maximum atomic E-state index is 12.6. The average Bonchev–Trinajstić information content (AvgIpc) is 3.09. The fourth-order valence-electron chi connectivity index (χ4n) is 3.46. The van der Waals surface area contributed by atoms with Crippen LogP contribution < -0.4 is 15.5 Å². The first kappa shape index (κ1) is 19.6. The highest BCUT2D eigenvalue weighted by atomic mass is 35.5. The van der Waals surface area contributed by atoms with Crippen molar-refractivity contribution in [3.63, 3.8) is 0 Å². The molecule has 0 bridgehead atoms. The van der Waals surface area contributed by atoms with Crippen molar-refractivity contribution in [2.75, 3.05) is 43.1 Å². The van der Waals surface area contributed by atoms with E-state index in [1.54, 1.807) is 12.4 Å². The molecule has 0 spiro atoms. The van der Waals surface area contributed by atoms with Crippen molar-refractivity contribution in [1.29, 1.82) is 0 Å². The Hall–Kier alpha value is -2.71. The highest BCUT2D eigenvalue weighted by Gasteiger charge is 2.15. The van der Waals surface area contributed by atoms with Gasteiger partial charge in [0.25, 0.3) is 0 Å². The van der Waals surface area contributed by atoms with Crippen LogP contribution in [0, 0.1) is 6.92 Å². The van der Waals surface area contributed by atoms with Crippen LogP contribution in [-0.2, 0) is 0 Å². The number of piperazine rings is 1. The Morgan fingerprint density at radius 1 is 1.31 bits per heavy atom. The van der Waals surface area contributed by atoms with Gasteiger partial charge >= 0.3 is 0 Å². The third-order valence-corrected chi connectivity index (χ3v) is 5.36. The van der Waals surface area contributed by atoms with Gasteiger partial charge < -0.3 is 15.5 Å². The molecule has 0 unspecified atom stereocenters. The number of aryl methyl sites for hydroxylation is 1. The maximum absolute atomic E-state index is 12.6. The van der Waals surface area contributed by atoms with E-state index in [2.05, 4.69) is 56.2 Å². The summed E-state index contributed by atoms with van der Waals surface area (Å²) in [5, 5.41) is 11.9. The predicted molar refractivity (Wildman–Crippen MR) is 116 cm³/mol. The summed E-state index contributed by atoms with van der Waals surface area (Å²) in [6, 6.07) is 4.22. The number of hydrogen-bond donors (Lipinski definition) is 2. The Balaban J connectivity index is 1.62. The van der Waals surface area contributed by atoms with Crippen LogP contribution in [0.1, 0.15) is 12.0 Å². The quantitative estimate of drug-likeness (QED) is 0.638. The molecule has 3 heterocycles. The molecule has 0 saturated carbocycles. The van der Waals surface area contributed by atoms with Gasteiger partial charge in [-0.25, -0.2) is 14.6 Å². The standard InChI is InChI=1S/C20H23ClFN7/c1-13-9-15-11-24-20(26-16(15)10-18(13)28-7-5-23-6-8-28)27-17-12-25-29(19(17)21)14(2)3-4-22/h9-12,23H,2-8H2,1H3,(H,24,26,27). The Morgan fingerprint density at radius 3 is 2.86 bits per heavy atom. The summed E-state index contributed by atoms with van der Waals surface area (Å²) in [5.74, 6) is 0.421. The third-order valence-electron chi connectivity index (χ3n) is 4.99. The minimum Gasteiger partial charge on any atom is -0.369 e. The molecule has 9 heteroatoms. The molecule has 1 saturated heterocycles. The summed E-state index contributed by atoms with van der Waals surface area (Å²) in [6.07, 6.45) is 3.52.